The van der Waals surface area contributed by atoms with Crippen molar-refractivity contribution in [1.29, 1.82) is 0 Å². The van der Waals surface area contributed by atoms with E-state index in [9.17, 15) is 14.4 Å². The Kier molecular flexibility index (Phi) is 8.44. The maximum Gasteiger partial charge on any atom is 0.338 e. The summed E-state index contributed by atoms with van der Waals surface area (Å²) < 4.78 is 4.98. The zero-order chi connectivity index (χ0) is 22.9. The number of amides is 2. The number of aliphatic imine (C=N–C) groups is 1. The molecule has 7 nitrogen and oxygen atoms in total. The van der Waals surface area contributed by atoms with Crippen molar-refractivity contribution in [3.05, 3.63) is 60.2 Å². The highest BCUT2D eigenvalue weighted by Gasteiger charge is 2.40. The lowest BCUT2D eigenvalue weighted by molar-refractivity contribution is -0.121. The number of carbonyl (C=O) groups excluding carboxylic acids is 3. The minimum absolute atomic E-state index is 0.0897. The first-order valence-electron chi connectivity index (χ1n) is 10.7. The lowest BCUT2D eigenvalue weighted by Gasteiger charge is -2.16. The Morgan fingerprint density at radius 3 is 2.50 bits per heavy atom. The van der Waals surface area contributed by atoms with E-state index in [0.717, 1.165) is 25.1 Å². The smallest absolute Gasteiger partial charge is 0.338 e. The molecule has 1 N–H and O–H groups in total. The second-order valence-electron chi connectivity index (χ2n) is 7.18. The molecular formula is C24H27N3O4S. The van der Waals surface area contributed by atoms with Gasteiger partial charge >= 0.3 is 5.97 Å². The van der Waals surface area contributed by atoms with Gasteiger partial charge < -0.3 is 10.1 Å². The molecule has 1 fully saturated rings. The van der Waals surface area contributed by atoms with Crippen LogP contribution < -0.4 is 10.2 Å². The molecule has 1 heterocycles. The number of nitrogens with zero attached hydrogens (tertiary/aromatic N) is 2. The van der Waals surface area contributed by atoms with E-state index in [4.69, 9.17) is 4.74 Å². The van der Waals surface area contributed by atoms with Gasteiger partial charge in [0.2, 0.25) is 11.8 Å². The summed E-state index contributed by atoms with van der Waals surface area (Å²) in [6, 6.07) is 15.8. The Bertz CT molecular complexity index is 976. The number of rotatable bonds is 8. The van der Waals surface area contributed by atoms with Crippen molar-refractivity contribution in [1.82, 2.24) is 5.32 Å². The average molecular weight is 454 g/mol. The van der Waals surface area contributed by atoms with Gasteiger partial charge in [0.1, 0.15) is 5.25 Å². The van der Waals surface area contributed by atoms with E-state index >= 15 is 0 Å². The minimum Gasteiger partial charge on any atom is -0.462 e. The van der Waals surface area contributed by atoms with Gasteiger partial charge in [-0.05, 0) is 49.7 Å². The second-order valence-corrected chi connectivity index (χ2v) is 8.37. The van der Waals surface area contributed by atoms with Crippen molar-refractivity contribution >= 4 is 46.1 Å². The summed E-state index contributed by atoms with van der Waals surface area (Å²) in [5, 5.41) is 3.35. The number of imide groups is 1. The molecule has 0 saturated carbocycles. The van der Waals surface area contributed by atoms with Gasteiger partial charge in [0.25, 0.3) is 0 Å². The number of ether oxygens (including phenoxy) is 1. The number of hydrogen-bond donors (Lipinski definition) is 1. The average Bonchev–Trinajstić information content (AvgIpc) is 3.07. The van der Waals surface area contributed by atoms with Crippen LogP contribution in [0, 0.1) is 0 Å². The van der Waals surface area contributed by atoms with Crippen LogP contribution in [0.25, 0.3) is 0 Å². The fourth-order valence-electron chi connectivity index (χ4n) is 3.16. The molecule has 1 aliphatic heterocycles. The minimum atomic E-state index is -0.566. The molecule has 1 unspecified atom stereocenters. The van der Waals surface area contributed by atoms with Crippen molar-refractivity contribution in [2.75, 3.05) is 18.1 Å². The van der Waals surface area contributed by atoms with Gasteiger partial charge in [-0.3, -0.25) is 9.59 Å². The molecular weight excluding hydrogens is 426 g/mol. The maximum absolute atomic E-state index is 13.1. The molecule has 0 radical (unpaired) electrons. The first-order valence-corrected chi connectivity index (χ1v) is 11.6. The molecule has 2 aromatic carbocycles. The fraction of sp³-hybridized carbons (Fsp3) is 0.333. The summed E-state index contributed by atoms with van der Waals surface area (Å²) >= 11 is 1.28. The van der Waals surface area contributed by atoms with Crippen molar-refractivity contribution in [2.24, 2.45) is 4.99 Å². The van der Waals surface area contributed by atoms with E-state index < -0.39 is 11.2 Å². The van der Waals surface area contributed by atoms with Gasteiger partial charge in [-0.25, -0.2) is 14.7 Å². The molecule has 0 aromatic heterocycles. The van der Waals surface area contributed by atoms with Crippen LogP contribution in [0.5, 0.6) is 0 Å². The van der Waals surface area contributed by atoms with Crippen LogP contribution in [0.4, 0.5) is 11.4 Å². The first-order chi connectivity index (χ1) is 15.5. The number of esters is 1. The Labute approximate surface area is 192 Å². The number of carbonyl (C=O) groups is 3. The number of thioether (sulfide) groups is 1. The molecule has 0 bridgehead atoms. The Morgan fingerprint density at radius 2 is 1.84 bits per heavy atom. The summed E-state index contributed by atoms with van der Waals surface area (Å²) in [4.78, 5) is 43.4. The normalized spacial score (nSPS) is 16.4. The molecule has 0 aliphatic carbocycles. The summed E-state index contributed by atoms with van der Waals surface area (Å²) in [6.07, 6.45) is 2.10. The molecule has 1 saturated heterocycles. The lowest BCUT2D eigenvalue weighted by atomic mass is 10.2. The zero-order valence-corrected chi connectivity index (χ0v) is 19.1. The number of nitrogens with one attached hydrogen (secondary N) is 1. The lowest BCUT2D eigenvalue weighted by Crippen LogP contribution is -2.32. The van der Waals surface area contributed by atoms with Crippen molar-refractivity contribution in [3.8, 4) is 0 Å². The van der Waals surface area contributed by atoms with E-state index in [1.807, 2.05) is 30.3 Å². The Hall–Kier alpha value is -3.13. The van der Waals surface area contributed by atoms with Crippen molar-refractivity contribution in [2.45, 2.75) is 38.4 Å². The van der Waals surface area contributed by atoms with Crippen LogP contribution in [0.1, 0.15) is 43.5 Å². The third-order valence-electron chi connectivity index (χ3n) is 4.79. The predicted molar refractivity (Wildman–Crippen MR) is 127 cm³/mol. The number of para-hydroxylation sites is 1. The molecule has 0 spiro atoms. The maximum atomic E-state index is 13.1. The highest BCUT2D eigenvalue weighted by atomic mass is 32.2. The van der Waals surface area contributed by atoms with Crippen molar-refractivity contribution < 1.29 is 19.1 Å². The summed E-state index contributed by atoms with van der Waals surface area (Å²) in [7, 11) is 0. The molecule has 1 aliphatic rings. The molecule has 168 valence electrons. The summed E-state index contributed by atoms with van der Waals surface area (Å²) in [6.45, 7) is 4.86. The van der Waals surface area contributed by atoms with Crippen LogP contribution in [0.2, 0.25) is 0 Å². The molecule has 32 heavy (non-hydrogen) atoms. The SMILES string of the molecule is CCCCN/C(=N\c1ccccc1)SC1CC(=O)N(c2ccc(C(=O)OCC)cc2)C1=O. The van der Waals surface area contributed by atoms with E-state index in [1.165, 1.54) is 16.7 Å². The number of amidine groups is 1. The largest absolute Gasteiger partial charge is 0.462 e. The number of unbranched alkanes of at least 4 members (excludes halogenated alkanes) is 1. The molecule has 1 atom stereocenters. The first kappa shape index (κ1) is 23.5. The fourth-order valence-corrected chi connectivity index (χ4v) is 4.21. The van der Waals surface area contributed by atoms with Gasteiger partial charge in [0.05, 0.1) is 23.5 Å². The van der Waals surface area contributed by atoms with Gasteiger partial charge in [-0.2, -0.15) is 0 Å². The zero-order valence-electron chi connectivity index (χ0n) is 18.2. The number of hydrogen-bond acceptors (Lipinski definition) is 6. The highest BCUT2D eigenvalue weighted by Crippen LogP contribution is 2.31. The molecule has 3 rings (SSSR count). The van der Waals surface area contributed by atoms with Crippen LogP contribution in [-0.2, 0) is 14.3 Å². The Balaban J connectivity index is 1.74. The number of benzene rings is 2. The van der Waals surface area contributed by atoms with Crippen LogP contribution in [0.15, 0.2) is 59.6 Å². The third kappa shape index (κ3) is 5.97. The molecule has 2 aromatic rings. The monoisotopic (exact) mass is 453 g/mol. The van der Waals surface area contributed by atoms with Crippen molar-refractivity contribution in [3.63, 3.8) is 0 Å². The topological polar surface area (TPSA) is 88.1 Å². The van der Waals surface area contributed by atoms with E-state index in [1.54, 1.807) is 31.2 Å². The van der Waals surface area contributed by atoms with Gasteiger partial charge in [-0.1, -0.05) is 43.3 Å². The van der Waals surface area contributed by atoms with Crippen LogP contribution >= 0.6 is 11.8 Å². The summed E-state index contributed by atoms with van der Waals surface area (Å²) in [5.74, 6) is -1.00. The van der Waals surface area contributed by atoms with Crippen LogP contribution in [0.3, 0.4) is 0 Å². The Morgan fingerprint density at radius 1 is 1.12 bits per heavy atom. The standard InChI is InChI=1S/C24H27N3O4S/c1-3-5-15-25-24(26-18-9-7-6-8-10-18)32-20-16-21(28)27(22(20)29)19-13-11-17(12-14-19)23(30)31-4-2/h6-14,20H,3-5,15-16H2,1-2H3,(H,25,26). The quantitative estimate of drug-likeness (QED) is 0.211. The van der Waals surface area contributed by atoms with Gasteiger partial charge in [-0.15, -0.1) is 0 Å². The highest BCUT2D eigenvalue weighted by molar-refractivity contribution is 8.15. The van der Waals surface area contributed by atoms with E-state index in [2.05, 4.69) is 17.2 Å². The van der Waals surface area contributed by atoms with E-state index in [-0.39, 0.29) is 24.8 Å². The van der Waals surface area contributed by atoms with Gasteiger partial charge in [0, 0.05) is 13.0 Å². The van der Waals surface area contributed by atoms with E-state index in [0.29, 0.717) is 16.4 Å². The van der Waals surface area contributed by atoms with Gasteiger partial charge in [0.15, 0.2) is 5.17 Å². The third-order valence-corrected chi connectivity index (χ3v) is 5.90. The molecule has 2 amide bonds. The van der Waals surface area contributed by atoms with Crippen LogP contribution in [-0.4, -0.2) is 41.4 Å². The predicted octanol–water partition coefficient (Wildman–Crippen LogP) is 4.31. The summed E-state index contributed by atoms with van der Waals surface area (Å²) in [5.41, 5.74) is 1.59. The molecule has 8 heteroatoms. The second kappa shape index (κ2) is 11.5. The number of anilines is 1.